The number of hydrogen-bond donors (Lipinski definition) is 1. The van der Waals surface area contributed by atoms with E-state index in [1.54, 1.807) is 26.0 Å². The summed E-state index contributed by atoms with van der Waals surface area (Å²) in [5.41, 5.74) is 2.15. The molecule has 0 radical (unpaired) electrons. The zero-order chi connectivity index (χ0) is 25.3. The molecule has 0 heterocycles. The smallest absolute Gasteiger partial charge is 0.362 e. The van der Waals surface area contributed by atoms with Gasteiger partial charge in [0.1, 0.15) is 12.4 Å². The van der Waals surface area contributed by atoms with Gasteiger partial charge < -0.3 is 24.0 Å². The first-order chi connectivity index (χ1) is 16.1. The Morgan fingerprint density at radius 3 is 2.29 bits per heavy atom. The SMILES string of the molecule is CCOC(=O)c1cc(OC)cc(C)c1NC(=O)C(CC)[N+](C)(C)CC(=O)OCc1ccccc1. The number of hydrogen-bond acceptors (Lipinski definition) is 6. The van der Waals surface area contributed by atoms with Crippen molar-refractivity contribution in [1.82, 2.24) is 0 Å². The van der Waals surface area contributed by atoms with Crippen LogP contribution in [0.2, 0.25) is 0 Å². The molecule has 34 heavy (non-hydrogen) atoms. The van der Waals surface area contributed by atoms with Crippen LogP contribution in [0.15, 0.2) is 42.5 Å². The van der Waals surface area contributed by atoms with Crippen LogP contribution in [0.25, 0.3) is 0 Å². The van der Waals surface area contributed by atoms with E-state index in [0.29, 0.717) is 23.4 Å². The summed E-state index contributed by atoms with van der Waals surface area (Å²) in [7, 11) is 5.13. The lowest BCUT2D eigenvalue weighted by Crippen LogP contribution is -2.56. The molecule has 2 aromatic rings. The Balaban J connectivity index is 2.18. The number of aryl methyl sites for hydroxylation is 1. The summed E-state index contributed by atoms with van der Waals surface area (Å²) in [4.78, 5) is 38.4. The van der Waals surface area contributed by atoms with Crippen molar-refractivity contribution in [3.63, 3.8) is 0 Å². The van der Waals surface area contributed by atoms with Gasteiger partial charge in [-0.05, 0) is 37.1 Å². The number of anilines is 1. The van der Waals surface area contributed by atoms with E-state index < -0.39 is 18.0 Å². The van der Waals surface area contributed by atoms with Crippen LogP contribution in [0, 0.1) is 6.92 Å². The van der Waals surface area contributed by atoms with Crippen LogP contribution in [-0.2, 0) is 25.7 Å². The molecule has 0 aliphatic carbocycles. The highest BCUT2D eigenvalue weighted by Gasteiger charge is 2.36. The van der Waals surface area contributed by atoms with Gasteiger partial charge >= 0.3 is 11.9 Å². The average molecular weight is 472 g/mol. The number of nitrogens with one attached hydrogen (secondary N) is 1. The number of rotatable bonds is 11. The number of carbonyl (C=O) groups excluding carboxylic acids is 3. The Morgan fingerprint density at radius 2 is 1.71 bits per heavy atom. The molecule has 2 aromatic carbocycles. The maximum absolute atomic E-state index is 13.3. The molecule has 1 atom stereocenters. The summed E-state index contributed by atoms with van der Waals surface area (Å²) in [5, 5.41) is 2.89. The van der Waals surface area contributed by atoms with Crippen LogP contribution in [0.3, 0.4) is 0 Å². The molecule has 8 heteroatoms. The first kappa shape index (κ1) is 26.9. The third kappa shape index (κ3) is 7.05. The fourth-order valence-electron chi connectivity index (χ4n) is 3.84. The number of carbonyl (C=O) groups is 3. The molecule has 0 spiro atoms. The molecular weight excluding hydrogens is 436 g/mol. The third-order valence-electron chi connectivity index (χ3n) is 5.60. The van der Waals surface area contributed by atoms with Crippen molar-refractivity contribution in [2.75, 3.05) is 39.7 Å². The lowest BCUT2D eigenvalue weighted by atomic mass is 10.1. The highest BCUT2D eigenvalue weighted by molar-refractivity contribution is 6.03. The summed E-state index contributed by atoms with van der Waals surface area (Å²) in [6.07, 6.45) is 0.481. The third-order valence-corrected chi connectivity index (χ3v) is 5.60. The van der Waals surface area contributed by atoms with Gasteiger partial charge in [-0.25, -0.2) is 9.59 Å². The van der Waals surface area contributed by atoms with E-state index in [1.165, 1.54) is 7.11 Å². The maximum atomic E-state index is 13.3. The average Bonchev–Trinajstić information content (AvgIpc) is 2.79. The van der Waals surface area contributed by atoms with E-state index in [1.807, 2.05) is 51.4 Å². The van der Waals surface area contributed by atoms with E-state index in [0.717, 1.165) is 5.56 Å². The highest BCUT2D eigenvalue weighted by Crippen LogP contribution is 2.28. The van der Waals surface area contributed by atoms with E-state index in [9.17, 15) is 14.4 Å². The molecule has 0 saturated carbocycles. The summed E-state index contributed by atoms with van der Waals surface area (Å²) in [5.74, 6) is -0.760. The second-order valence-electron chi connectivity index (χ2n) is 8.58. The van der Waals surface area contributed by atoms with Gasteiger partial charge in [-0.1, -0.05) is 37.3 Å². The molecule has 8 nitrogen and oxygen atoms in total. The molecule has 0 bridgehead atoms. The van der Waals surface area contributed by atoms with Crippen molar-refractivity contribution >= 4 is 23.5 Å². The maximum Gasteiger partial charge on any atom is 0.362 e. The number of amides is 1. The van der Waals surface area contributed by atoms with E-state index in [-0.39, 0.29) is 35.7 Å². The molecule has 0 aliphatic rings. The second-order valence-corrected chi connectivity index (χ2v) is 8.58. The van der Waals surface area contributed by atoms with Crippen molar-refractivity contribution in [2.24, 2.45) is 0 Å². The molecule has 0 saturated heterocycles. The van der Waals surface area contributed by atoms with Gasteiger partial charge in [-0.15, -0.1) is 0 Å². The van der Waals surface area contributed by atoms with Gasteiger partial charge in [0, 0.05) is 6.42 Å². The molecule has 184 valence electrons. The van der Waals surface area contributed by atoms with Crippen LogP contribution in [0.4, 0.5) is 5.69 Å². The Hall–Kier alpha value is -3.39. The summed E-state index contributed by atoms with van der Waals surface area (Å²) < 4.78 is 15.9. The van der Waals surface area contributed by atoms with Crippen molar-refractivity contribution in [3.05, 3.63) is 59.2 Å². The summed E-state index contributed by atoms with van der Waals surface area (Å²) in [6.45, 7) is 5.78. The van der Waals surface area contributed by atoms with Gasteiger partial charge in [-0.2, -0.15) is 0 Å². The van der Waals surface area contributed by atoms with E-state index in [4.69, 9.17) is 14.2 Å². The fourth-order valence-corrected chi connectivity index (χ4v) is 3.84. The number of methoxy groups -OCH3 is 1. The number of nitrogens with zero attached hydrogens (tertiary/aromatic N) is 1. The number of benzene rings is 2. The Labute approximate surface area is 201 Å². The monoisotopic (exact) mass is 471 g/mol. The molecule has 0 fully saturated rings. The lowest BCUT2D eigenvalue weighted by Gasteiger charge is -2.35. The van der Waals surface area contributed by atoms with Crippen LogP contribution in [0.1, 0.15) is 41.8 Å². The number of esters is 2. The standard InChI is InChI=1S/C26H34N2O6/c1-7-22(28(4,5)16-23(29)34-17-19-12-10-9-11-13-19)25(30)27-24-18(3)14-20(32-6)15-21(24)26(31)33-8-2/h9-15,22H,7-8,16-17H2,1-6H3/p+1. The lowest BCUT2D eigenvalue weighted by molar-refractivity contribution is -0.898. The van der Waals surface area contributed by atoms with Crippen molar-refractivity contribution < 1.29 is 33.1 Å². The predicted molar refractivity (Wildman–Crippen MR) is 130 cm³/mol. The molecule has 1 unspecified atom stereocenters. The van der Waals surface area contributed by atoms with Crippen molar-refractivity contribution in [1.29, 1.82) is 0 Å². The molecule has 0 aliphatic heterocycles. The molecular formula is C26H35N2O6+. The molecule has 2 rings (SSSR count). The summed E-state index contributed by atoms with van der Waals surface area (Å²) in [6, 6.07) is 12.2. The number of quaternary nitrogens is 1. The van der Waals surface area contributed by atoms with Crippen molar-refractivity contribution in [3.8, 4) is 5.75 Å². The zero-order valence-corrected chi connectivity index (χ0v) is 20.8. The minimum absolute atomic E-state index is 0.0189. The first-order valence-electron chi connectivity index (χ1n) is 11.3. The van der Waals surface area contributed by atoms with Gasteiger partial charge in [0.05, 0.1) is 39.1 Å². The minimum Gasteiger partial charge on any atom is -0.497 e. The second kappa shape index (κ2) is 12.2. The van der Waals surface area contributed by atoms with Crippen LogP contribution < -0.4 is 10.1 Å². The molecule has 1 N–H and O–H groups in total. The Kier molecular flexibility index (Phi) is 9.62. The van der Waals surface area contributed by atoms with Gasteiger partial charge in [0.2, 0.25) is 0 Å². The predicted octanol–water partition coefficient (Wildman–Crippen LogP) is 3.72. The largest absolute Gasteiger partial charge is 0.497 e. The zero-order valence-electron chi connectivity index (χ0n) is 20.8. The Morgan fingerprint density at radius 1 is 1.03 bits per heavy atom. The fraction of sp³-hybridized carbons (Fsp3) is 0.423. The van der Waals surface area contributed by atoms with Gasteiger partial charge in [0.25, 0.3) is 5.91 Å². The van der Waals surface area contributed by atoms with E-state index in [2.05, 4.69) is 5.32 Å². The highest BCUT2D eigenvalue weighted by atomic mass is 16.5. The Bertz CT molecular complexity index is 1000. The van der Waals surface area contributed by atoms with E-state index >= 15 is 0 Å². The quantitative estimate of drug-likeness (QED) is 0.397. The molecule has 1 amide bonds. The van der Waals surface area contributed by atoms with Crippen LogP contribution >= 0.6 is 0 Å². The van der Waals surface area contributed by atoms with Crippen LogP contribution in [-0.4, -0.2) is 62.7 Å². The normalized spacial score (nSPS) is 11.9. The summed E-state index contributed by atoms with van der Waals surface area (Å²) >= 11 is 0. The number of ether oxygens (including phenoxy) is 3. The van der Waals surface area contributed by atoms with Crippen molar-refractivity contribution in [2.45, 2.75) is 39.8 Å². The van der Waals surface area contributed by atoms with Gasteiger partial charge in [-0.3, -0.25) is 4.79 Å². The topological polar surface area (TPSA) is 90.9 Å². The van der Waals surface area contributed by atoms with Gasteiger partial charge in [0.15, 0.2) is 12.6 Å². The first-order valence-corrected chi connectivity index (χ1v) is 11.3. The number of likely N-dealkylation sites (N-methyl/N-ethyl adjacent to an activating group) is 1. The van der Waals surface area contributed by atoms with Crippen LogP contribution in [0.5, 0.6) is 5.75 Å². The minimum atomic E-state index is -0.555. The molecule has 0 aromatic heterocycles.